The highest BCUT2D eigenvalue weighted by atomic mass is 32.2. The molecule has 1 aromatic carbocycles. The van der Waals surface area contributed by atoms with E-state index in [-0.39, 0.29) is 22.8 Å². The summed E-state index contributed by atoms with van der Waals surface area (Å²) in [5, 5.41) is 2.41. The average Bonchev–Trinajstić information content (AvgIpc) is 3.50. The summed E-state index contributed by atoms with van der Waals surface area (Å²) in [6.45, 7) is 3.14. The fourth-order valence-corrected chi connectivity index (χ4v) is 7.88. The van der Waals surface area contributed by atoms with Crippen LogP contribution in [-0.2, 0) is 16.2 Å². The van der Waals surface area contributed by atoms with Crippen molar-refractivity contribution in [1.82, 2.24) is 14.5 Å². The van der Waals surface area contributed by atoms with E-state index < -0.39 is 33.5 Å². The molecule has 3 fully saturated rings. The highest BCUT2D eigenvalue weighted by Gasteiger charge is 2.41. The van der Waals surface area contributed by atoms with Gasteiger partial charge in [-0.2, -0.15) is 17.5 Å². The maximum absolute atomic E-state index is 13.6. The lowest BCUT2D eigenvalue weighted by Gasteiger charge is -2.36. The minimum Gasteiger partial charge on any atom is -0.352 e. The number of nitrogens with zero attached hydrogens (tertiary/aromatic N) is 2. The van der Waals surface area contributed by atoms with Gasteiger partial charge in [0.2, 0.25) is 10.0 Å². The van der Waals surface area contributed by atoms with Crippen molar-refractivity contribution in [2.24, 2.45) is 5.92 Å². The normalized spacial score (nSPS) is 23.7. The van der Waals surface area contributed by atoms with Crippen molar-refractivity contribution in [2.45, 2.75) is 68.8 Å². The van der Waals surface area contributed by atoms with E-state index >= 15 is 0 Å². The van der Waals surface area contributed by atoms with Gasteiger partial charge in [-0.1, -0.05) is 12.8 Å². The van der Waals surface area contributed by atoms with E-state index in [0.717, 1.165) is 70.5 Å². The molecule has 2 saturated heterocycles. The van der Waals surface area contributed by atoms with E-state index in [2.05, 4.69) is 10.2 Å². The molecule has 196 valence electrons. The lowest BCUT2D eigenvalue weighted by atomic mass is 9.96. The Bertz CT molecular complexity index is 1000. The number of benzene rings is 1. The van der Waals surface area contributed by atoms with Crippen LogP contribution in [0.2, 0.25) is 0 Å². The van der Waals surface area contributed by atoms with Crippen LogP contribution in [0.25, 0.3) is 0 Å². The van der Waals surface area contributed by atoms with E-state index in [4.69, 9.17) is 0 Å². The molecule has 35 heavy (non-hydrogen) atoms. The highest BCUT2D eigenvalue weighted by molar-refractivity contribution is 7.89. The fraction of sp³-hybridized carbons (Fsp3) is 0.708. The number of likely N-dealkylation sites (tertiary alicyclic amines) is 1. The maximum atomic E-state index is 13.6. The van der Waals surface area contributed by atoms with Crippen molar-refractivity contribution in [1.29, 1.82) is 0 Å². The predicted octanol–water partition coefficient (Wildman–Crippen LogP) is 4.02. The Morgan fingerprint density at radius 2 is 1.66 bits per heavy atom. The third-order valence-electron chi connectivity index (χ3n) is 7.59. The standard InChI is InChI=1S/C24H33F4N3O3S/c25-20-13-18(12-19(14-20)24(26,27)28)23(32)29-15-17-7-10-30(11-8-17)16-21-4-3-9-31(21)35(33,34)22-5-1-2-6-22/h12-14,17,21-22H,1-11,15-16H2,(H,29,32). The van der Waals surface area contributed by atoms with E-state index in [9.17, 15) is 30.8 Å². The van der Waals surface area contributed by atoms with E-state index in [1.165, 1.54) is 0 Å². The van der Waals surface area contributed by atoms with Crippen LogP contribution < -0.4 is 5.32 Å². The largest absolute Gasteiger partial charge is 0.416 e. The fourth-order valence-electron chi connectivity index (χ4n) is 5.60. The molecule has 3 aliphatic rings. The van der Waals surface area contributed by atoms with Crippen molar-refractivity contribution < 1.29 is 30.8 Å². The molecular formula is C24H33F4N3O3S. The summed E-state index contributed by atoms with van der Waals surface area (Å²) in [5.41, 5.74) is -1.54. The monoisotopic (exact) mass is 519 g/mol. The van der Waals surface area contributed by atoms with Gasteiger partial charge in [0.25, 0.3) is 5.91 Å². The third kappa shape index (κ3) is 6.35. The molecule has 0 bridgehead atoms. The summed E-state index contributed by atoms with van der Waals surface area (Å²) in [6, 6.07) is 1.85. The molecular weight excluding hydrogens is 486 g/mol. The SMILES string of the molecule is O=C(NCC1CCN(CC2CCCN2S(=O)(=O)C2CCCC2)CC1)c1cc(F)cc(C(F)(F)F)c1. The summed E-state index contributed by atoms with van der Waals surface area (Å²) >= 11 is 0. The first-order valence-electron chi connectivity index (χ1n) is 12.4. The van der Waals surface area contributed by atoms with Gasteiger partial charge in [-0.05, 0) is 75.7 Å². The second-order valence-corrected chi connectivity index (χ2v) is 12.2. The summed E-state index contributed by atoms with van der Waals surface area (Å²) in [6.07, 6.45) is 2.09. The molecule has 2 aliphatic heterocycles. The van der Waals surface area contributed by atoms with Crippen molar-refractivity contribution in [2.75, 3.05) is 32.7 Å². The Kier molecular flexibility index (Phi) is 8.07. The van der Waals surface area contributed by atoms with Crippen molar-refractivity contribution in [3.63, 3.8) is 0 Å². The van der Waals surface area contributed by atoms with Crippen LogP contribution in [0.3, 0.4) is 0 Å². The lowest BCUT2D eigenvalue weighted by Crippen LogP contribution is -2.48. The van der Waals surface area contributed by atoms with Crippen LogP contribution in [-0.4, -0.2) is 67.5 Å². The topological polar surface area (TPSA) is 69.7 Å². The summed E-state index contributed by atoms with van der Waals surface area (Å²) in [5.74, 6) is -1.67. The second-order valence-electron chi connectivity index (χ2n) is 10.0. The lowest BCUT2D eigenvalue weighted by molar-refractivity contribution is -0.137. The maximum Gasteiger partial charge on any atom is 0.416 e. The Labute approximate surface area is 204 Å². The molecule has 6 nitrogen and oxygen atoms in total. The van der Waals surface area contributed by atoms with Crippen LogP contribution in [0.1, 0.15) is 67.3 Å². The van der Waals surface area contributed by atoms with Crippen LogP contribution in [0.4, 0.5) is 17.6 Å². The van der Waals surface area contributed by atoms with Gasteiger partial charge in [-0.15, -0.1) is 0 Å². The van der Waals surface area contributed by atoms with Crippen LogP contribution in [0.15, 0.2) is 18.2 Å². The van der Waals surface area contributed by atoms with Crippen LogP contribution in [0, 0.1) is 11.7 Å². The molecule has 0 aromatic heterocycles. The second kappa shape index (κ2) is 10.7. The Hall–Kier alpha value is -1.72. The van der Waals surface area contributed by atoms with Gasteiger partial charge in [-0.25, -0.2) is 12.8 Å². The molecule has 1 aliphatic carbocycles. The van der Waals surface area contributed by atoms with Gasteiger partial charge >= 0.3 is 6.18 Å². The highest BCUT2D eigenvalue weighted by Crippen LogP contribution is 2.33. The number of halogens is 4. The molecule has 1 atom stereocenters. The number of sulfonamides is 1. The minimum atomic E-state index is -4.73. The van der Waals surface area contributed by atoms with Gasteiger partial charge in [0.15, 0.2) is 0 Å². The number of carbonyl (C=O) groups is 1. The van der Waals surface area contributed by atoms with Gasteiger partial charge in [0, 0.05) is 31.2 Å². The van der Waals surface area contributed by atoms with Crippen molar-refractivity contribution in [3.8, 4) is 0 Å². The van der Waals surface area contributed by atoms with E-state index in [1.54, 1.807) is 4.31 Å². The van der Waals surface area contributed by atoms with Gasteiger partial charge < -0.3 is 10.2 Å². The predicted molar refractivity (Wildman–Crippen MR) is 124 cm³/mol. The number of hydrogen-bond donors (Lipinski definition) is 1. The summed E-state index contributed by atoms with van der Waals surface area (Å²) in [4.78, 5) is 14.6. The molecule has 0 spiro atoms. The smallest absolute Gasteiger partial charge is 0.352 e. The van der Waals surface area contributed by atoms with Crippen LogP contribution >= 0.6 is 0 Å². The number of nitrogens with one attached hydrogen (secondary N) is 1. The number of amides is 1. The Morgan fingerprint density at radius 1 is 0.971 bits per heavy atom. The third-order valence-corrected chi connectivity index (χ3v) is 10.0. The van der Waals surface area contributed by atoms with Gasteiger partial charge in [0.1, 0.15) is 5.82 Å². The Morgan fingerprint density at radius 3 is 2.31 bits per heavy atom. The average molecular weight is 520 g/mol. The molecule has 2 heterocycles. The summed E-state index contributed by atoms with van der Waals surface area (Å²) in [7, 11) is -3.25. The molecule has 1 aromatic rings. The zero-order valence-electron chi connectivity index (χ0n) is 19.7. The molecule has 1 unspecified atom stereocenters. The molecule has 1 N–H and O–H groups in total. The summed E-state index contributed by atoms with van der Waals surface area (Å²) < 4.78 is 80.2. The number of alkyl halides is 3. The molecule has 0 radical (unpaired) electrons. The number of rotatable bonds is 7. The van der Waals surface area contributed by atoms with Crippen molar-refractivity contribution in [3.05, 3.63) is 35.1 Å². The van der Waals surface area contributed by atoms with E-state index in [1.807, 2.05) is 0 Å². The first kappa shape index (κ1) is 26.3. The minimum absolute atomic E-state index is 0.00709. The Balaban J connectivity index is 1.25. The quantitative estimate of drug-likeness (QED) is 0.553. The number of hydrogen-bond acceptors (Lipinski definition) is 4. The molecule has 11 heteroatoms. The zero-order valence-corrected chi connectivity index (χ0v) is 20.5. The number of piperidine rings is 1. The van der Waals surface area contributed by atoms with Crippen LogP contribution in [0.5, 0.6) is 0 Å². The molecule has 1 amide bonds. The number of carbonyl (C=O) groups excluding carboxylic acids is 1. The molecule has 1 saturated carbocycles. The van der Waals surface area contributed by atoms with Gasteiger partial charge in [0.05, 0.1) is 10.8 Å². The van der Waals surface area contributed by atoms with Crippen molar-refractivity contribution >= 4 is 15.9 Å². The van der Waals surface area contributed by atoms with Gasteiger partial charge in [-0.3, -0.25) is 4.79 Å². The first-order valence-corrected chi connectivity index (χ1v) is 13.9. The first-order chi connectivity index (χ1) is 16.5. The van der Waals surface area contributed by atoms with E-state index in [0.29, 0.717) is 31.8 Å². The molecule has 4 rings (SSSR count). The zero-order chi connectivity index (χ0) is 25.2.